The third kappa shape index (κ3) is 2.98. The fourth-order valence-electron chi connectivity index (χ4n) is 2.13. The Morgan fingerprint density at radius 1 is 1.25 bits per heavy atom. The number of nitrogens with zero attached hydrogens (tertiary/aromatic N) is 2. The van der Waals surface area contributed by atoms with Crippen molar-refractivity contribution < 1.29 is 14.4 Å². The average Bonchev–Trinajstić information content (AvgIpc) is 2.55. The fourth-order valence-corrected chi connectivity index (χ4v) is 2.13. The van der Waals surface area contributed by atoms with Crippen molar-refractivity contribution in [2.75, 3.05) is 0 Å². The van der Waals surface area contributed by atoms with Crippen molar-refractivity contribution in [3.8, 4) is 0 Å². The standard InChI is InChI=1S/C16H10FN3O4/c17-10-3-1-9(2-4-10)15(21)8-14-16(22)19-13-7-11(20(23)24)5-6-12(13)18-14/h1-8,21H,(H,19,22)/b15-8-. The molecule has 1 heterocycles. The van der Waals surface area contributed by atoms with Gasteiger partial charge >= 0.3 is 0 Å². The van der Waals surface area contributed by atoms with Gasteiger partial charge in [-0.15, -0.1) is 0 Å². The van der Waals surface area contributed by atoms with Gasteiger partial charge in [-0.3, -0.25) is 14.9 Å². The molecule has 0 spiro atoms. The van der Waals surface area contributed by atoms with Crippen LogP contribution in [0.2, 0.25) is 0 Å². The van der Waals surface area contributed by atoms with Crippen LogP contribution in [0.3, 0.4) is 0 Å². The molecule has 0 aliphatic carbocycles. The Hall–Kier alpha value is -3.55. The second-order valence-corrected chi connectivity index (χ2v) is 4.95. The Labute approximate surface area is 133 Å². The van der Waals surface area contributed by atoms with E-state index in [0.29, 0.717) is 11.1 Å². The highest BCUT2D eigenvalue weighted by Crippen LogP contribution is 2.18. The first kappa shape index (κ1) is 15.3. The van der Waals surface area contributed by atoms with Crippen molar-refractivity contribution in [1.29, 1.82) is 0 Å². The van der Waals surface area contributed by atoms with E-state index >= 15 is 0 Å². The Morgan fingerprint density at radius 3 is 2.62 bits per heavy atom. The van der Waals surface area contributed by atoms with Crippen molar-refractivity contribution >= 4 is 28.6 Å². The van der Waals surface area contributed by atoms with Crippen molar-refractivity contribution in [3.05, 3.63) is 80.0 Å². The van der Waals surface area contributed by atoms with E-state index < -0.39 is 16.3 Å². The van der Waals surface area contributed by atoms with Gasteiger partial charge in [0.15, 0.2) is 0 Å². The summed E-state index contributed by atoms with van der Waals surface area (Å²) in [5.74, 6) is -0.705. The van der Waals surface area contributed by atoms with Crippen LogP contribution >= 0.6 is 0 Å². The van der Waals surface area contributed by atoms with Crippen LogP contribution in [0, 0.1) is 15.9 Å². The molecule has 7 nitrogen and oxygen atoms in total. The number of benzene rings is 2. The molecule has 0 aliphatic rings. The molecule has 0 unspecified atom stereocenters. The lowest BCUT2D eigenvalue weighted by Gasteiger charge is -2.02. The number of aromatic nitrogens is 2. The number of fused-ring (bicyclic) bond motifs is 1. The van der Waals surface area contributed by atoms with Gasteiger partial charge in [0.1, 0.15) is 17.3 Å². The van der Waals surface area contributed by atoms with E-state index in [1.54, 1.807) is 0 Å². The molecule has 0 radical (unpaired) electrons. The largest absolute Gasteiger partial charge is 0.507 e. The monoisotopic (exact) mass is 327 g/mol. The first-order chi connectivity index (χ1) is 11.4. The molecule has 0 bridgehead atoms. The summed E-state index contributed by atoms with van der Waals surface area (Å²) >= 11 is 0. The summed E-state index contributed by atoms with van der Waals surface area (Å²) in [5.41, 5.74) is 0.0135. The topological polar surface area (TPSA) is 109 Å². The second kappa shape index (κ2) is 5.92. The van der Waals surface area contributed by atoms with Gasteiger partial charge in [0.2, 0.25) is 0 Å². The van der Waals surface area contributed by atoms with Crippen LogP contribution in [0.4, 0.5) is 10.1 Å². The molecular weight excluding hydrogens is 317 g/mol. The molecule has 2 aromatic carbocycles. The van der Waals surface area contributed by atoms with Crippen LogP contribution in [0.1, 0.15) is 11.3 Å². The van der Waals surface area contributed by atoms with E-state index in [1.807, 2.05) is 0 Å². The first-order valence-corrected chi connectivity index (χ1v) is 6.79. The summed E-state index contributed by atoms with van der Waals surface area (Å²) in [4.78, 5) is 28.8. The second-order valence-electron chi connectivity index (χ2n) is 4.95. The van der Waals surface area contributed by atoms with Crippen molar-refractivity contribution in [2.24, 2.45) is 0 Å². The van der Waals surface area contributed by atoms with Crippen molar-refractivity contribution in [1.82, 2.24) is 9.97 Å². The van der Waals surface area contributed by atoms with Crippen molar-refractivity contribution in [3.63, 3.8) is 0 Å². The Balaban J connectivity index is 2.06. The predicted molar refractivity (Wildman–Crippen MR) is 85.9 cm³/mol. The van der Waals surface area contributed by atoms with Crippen LogP contribution in [-0.2, 0) is 0 Å². The number of nitro groups is 1. The van der Waals surface area contributed by atoms with E-state index in [9.17, 15) is 24.4 Å². The number of aromatic amines is 1. The van der Waals surface area contributed by atoms with E-state index in [1.165, 1.54) is 42.5 Å². The lowest BCUT2D eigenvalue weighted by Crippen LogP contribution is -2.12. The number of hydrogen-bond donors (Lipinski definition) is 2. The predicted octanol–water partition coefficient (Wildman–Crippen LogP) is 3.03. The van der Waals surface area contributed by atoms with Crippen LogP contribution in [0.25, 0.3) is 22.9 Å². The summed E-state index contributed by atoms with van der Waals surface area (Å²) in [7, 11) is 0. The van der Waals surface area contributed by atoms with Gasteiger partial charge in [-0.25, -0.2) is 9.37 Å². The molecule has 0 saturated carbocycles. The maximum Gasteiger partial charge on any atom is 0.274 e. The summed E-state index contributed by atoms with van der Waals surface area (Å²) in [6, 6.07) is 8.94. The molecular formula is C16H10FN3O4. The molecule has 2 N–H and O–H groups in total. The molecule has 0 atom stereocenters. The third-order valence-corrected chi connectivity index (χ3v) is 3.33. The van der Waals surface area contributed by atoms with Gasteiger partial charge in [0.25, 0.3) is 11.2 Å². The Bertz CT molecular complexity index is 1030. The molecule has 120 valence electrons. The number of aliphatic hydroxyl groups excluding tert-OH is 1. The highest BCUT2D eigenvalue weighted by Gasteiger charge is 2.10. The first-order valence-electron chi connectivity index (χ1n) is 6.79. The van der Waals surface area contributed by atoms with E-state index in [-0.39, 0.29) is 22.7 Å². The van der Waals surface area contributed by atoms with Crippen molar-refractivity contribution in [2.45, 2.75) is 0 Å². The van der Waals surface area contributed by atoms with E-state index in [0.717, 1.165) is 6.08 Å². The fraction of sp³-hybridized carbons (Fsp3) is 0. The summed E-state index contributed by atoms with van der Waals surface area (Å²) in [6.45, 7) is 0. The minimum Gasteiger partial charge on any atom is -0.507 e. The Kier molecular flexibility index (Phi) is 3.78. The van der Waals surface area contributed by atoms with Crippen LogP contribution in [-0.4, -0.2) is 20.0 Å². The molecule has 3 rings (SSSR count). The zero-order chi connectivity index (χ0) is 17.3. The number of rotatable bonds is 3. The minimum absolute atomic E-state index is 0.0711. The summed E-state index contributed by atoms with van der Waals surface area (Å²) in [6.07, 6.45) is 1.15. The van der Waals surface area contributed by atoms with E-state index in [2.05, 4.69) is 9.97 Å². The number of hydrogen-bond acceptors (Lipinski definition) is 5. The molecule has 1 aromatic heterocycles. The number of halogens is 1. The summed E-state index contributed by atoms with van der Waals surface area (Å²) in [5, 5.41) is 20.8. The minimum atomic E-state index is -0.614. The quantitative estimate of drug-likeness (QED) is 0.436. The van der Waals surface area contributed by atoms with Crippen LogP contribution in [0.15, 0.2) is 47.3 Å². The smallest absolute Gasteiger partial charge is 0.274 e. The van der Waals surface area contributed by atoms with Gasteiger partial charge in [-0.1, -0.05) is 0 Å². The third-order valence-electron chi connectivity index (χ3n) is 3.33. The highest BCUT2D eigenvalue weighted by molar-refractivity contribution is 5.80. The SMILES string of the molecule is O=c1[nH]c2cc([N+](=O)[O-])ccc2nc1/C=C(\O)c1ccc(F)cc1. The zero-order valence-corrected chi connectivity index (χ0v) is 12.1. The Morgan fingerprint density at radius 2 is 1.96 bits per heavy atom. The number of non-ortho nitro benzene ring substituents is 1. The molecule has 0 fully saturated rings. The normalized spacial score (nSPS) is 11.6. The molecule has 8 heteroatoms. The number of nitro benzene ring substituents is 1. The van der Waals surface area contributed by atoms with Crippen LogP contribution in [0.5, 0.6) is 0 Å². The lowest BCUT2D eigenvalue weighted by atomic mass is 10.1. The maximum atomic E-state index is 12.9. The van der Waals surface area contributed by atoms with Crippen LogP contribution < -0.4 is 5.56 Å². The summed E-state index contributed by atoms with van der Waals surface area (Å²) < 4.78 is 12.9. The molecule has 0 aliphatic heterocycles. The molecule has 3 aromatic rings. The van der Waals surface area contributed by atoms with Gasteiger partial charge in [0.05, 0.1) is 16.0 Å². The lowest BCUT2D eigenvalue weighted by molar-refractivity contribution is -0.384. The number of H-pyrrole nitrogens is 1. The number of aliphatic hydroxyl groups is 1. The van der Waals surface area contributed by atoms with Gasteiger partial charge in [-0.2, -0.15) is 0 Å². The van der Waals surface area contributed by atoms with Gasteiger partial charge in [-0.05, 0) is 30.3 Å². The zero-order valence-electron chi connectivity index (χ0n) is 12.1. The molecule has 0 saturated heterocycles. The maximum absolute atomic E-state index is 12.9. The molecule has 0 amide bonds. The average molecular weight is 327 g/mol. The highest BCUT2D eigenvalue weighted by atomic mass is 19.1. The van der Waals surface area contributed by atoms with E-state index in [4.69, 9.17) is 0 Å². The van der Waals surface area contributed by atoms with Gasteiger partial charge in [0, 0.05) is 23.8 Å². The molecule has 24 heavy (non-hydrogen) atoms. The number of nitrogens with one attached hydrogen (secondary N) is 1. The van der Waals surface area contributed by atoms with Gasteiger partial charge < -0.3 is 10.1 Å².